The van der Waals surface area contributed by atoms with Gasteiger partial charge < -0.3 is 15.2 Å². The molecule has 5 nitrogen and oxygen atoms in total. The fourth-order valence-electron chi connectivity index (χ4n) is 1.56. The first-order chi connectivity index (χ1) is 9.51. The second kappa shape index (κ2) is 6.17. The van der Waals surface area contributed by atoms with Crippen molar-refractivity contribution >= 4 is 40.7 Å². The summed E-state index contributed by atoms with van der Waals surface area (Å²) in [5.41, 5.74) is 6.16. The maximum Gasteiger partial charge on any atom is 0.340 e. The Kier molecular flexibility index (Phi) is 4.53. The van der Waals surface area contributed by atoms with E-state index in [4.69, 9.17) is 10.5 Å². The van der Waals surface area contributed by atoms with Crippen LogP contribution >= 0.6 is 18.5 Å². The van der Waals surface area contributed by atoms with E-state index in [-0.39, 0.29) is 17.1 Å². The molecule has 0 radical (unpaired) electrons. The topological polar surface area (TPSA) is 74.4 Å². The van der Waals surface area contributed by atoms with Gasteiger partial charge in [0.25, 0.3) is 0 Å². The van der Waals surface area contributed by atoms with Crippen molar-refractivity contribution in [2.75, 3.05) is 12.8 Å². The highest BCUT2D eigenvalue weighted by Crippen LogP contribution is 2.22. The number of aromatic nitrogens is 1. The van der Waals surface area contributed by atoms with Gasteiger partial charge in [0.15, 0.2) is 0 Å². The van der Waals surface area contributed by atoms with E-state index in [9.17, 15) is 4.79 Å². The Balaban J connectivity index is 2.32. The van der Waals surface area contributed by atoms with Crippen molar-refractivity contribution in [1.82, 2.24) is 4.98 Å². The van der Waals surface area contributed by atoms with E-state index >= 15 is 0 Å². The third-order valence-electron chi connectivity index (χ3n) is 2.56. The molecule has 0 bridgehead atoms. The Labute approximate surface area is 121 Å². The second-order valence-corrected chi connectivity index (χ2v) is 5.29. The number of methoxy groups -OCH3 is 1. The zero-order chi connectivity index (χ0) is 14.7. The van der Waals surface area contributed by atoms with Crippen LogP contribution in [-0.4, -0.2) is 18.1 Å². The minimum atomic E-state index is -0.527. The molecule has 0 spiro atoms. The lowest BCUT2D eigenvalue weighted by Crippen LogP contribution is -2.08. The number of pyridine rings is 1. The molecule has 0 saturated carbocycles. The quantitative estimate of drug-likeness (QED) is 0.682. The highest BCUT2D eigenvalue weighted by Gasteiger charge is 2.13. The van der Waals surface area contributed by atoms with Crippen LogP contribution in [0.5, 0.6) is 11.6 Å². The van der Waals surface area contributed by atoms with E-state index in [0.717, 1.165) is 10.6 Å². The first-order valence-corrected chi connectivity index (χ1v) is 6.83. The molecule has 7 heteroatoms. The summed E-state index contributed by atoms with van der Waals surface area (Å²) in [4.78, 5) is 15.6. The summed E-state index contributed by atoms with van der Waals surface area (Å²) in [6.07, 6.45) is 1.37. The lowest BCUT2D eigenvalue weighted by molar-refractivity contribution is 0.0601. The van der Waals surface area contributed by atoms with Gasteiger partial charge in [-0.25, -0.2) is 9.78 Å². The largest absolute Gasteiger partial charge is 0.465 e. The molecule has 0 saturated heterocycles. The van der Waals surface area contributed by atoms with Crippen LogP contribution in [0.3, 0.4) is 0 Å². The van der Waals surface area contributed by atoms with Gasteiger partial charge in [0.2, 0.25) is 5.88 Å². The van der Waals surface area contributed by atoms with E-state index in [1.54, 1.807) is 0 Å². The lowest BCUT2D eigenvalue weighted by atomic mass is 10.2. The predicted octanol–water partition coefficient (Wildman–Crippen LogP) is 1.24. The van der Waals surface area contributed by atoms with Crippen LogP contribution < -0.4 is 21.1 Å². The summed E-state index contributed by atoms with van der Waals surface area (Å²) >= 11 is 0. The molecule has 0 aliphatic carbocycles. The molecular formula is C13H14N2O3P2. The Bertz CT molecular complexity index is 662. The molecule has 2 aromatic rings. The van der Waals surface area contributed by atoms with Crippen LogP contribution in [0.1, 0.15) is 10.4 Å². The van der Waals surface area contributed by atoms with E-state index in [1.807, 2.05) is 18.2 Å². The number of hydrogen-bond acceptors (Lipinski definition) is 5. The zero-order valence-corrected chi connectivity index (χ0v) is 13.1. The van der Waals surface area contributed by atoms with E-state index < -0.39 is 5.97 Å². The number of nitrogen functional groups attached to an aromatic ring is 1. The third kappa shape index (κ3) is 3.24. The molecule has 2 atom stereocenters. The number of hydrogen-bond donors (Lipinski definition) is 1. The van der Waals surface area contributed by atoms with Crippen LogP contribution in [0.2, 0.25) is 0 Å². The van der Waals surface area contributed by atoms with Crippen molar-refractivity contribution < 1.29 is 14.3 Å². The van der Waals surface area contributed by atoms with Crippen LogP contribution in [0.25, 0.3) is 0 Å². The number of esters is 1. The van der Waals surface area contributed by atoms with Crippen molar-refractivity contribution in [2.45, 2.75) is 0 Å². The molecule has 20 heavy (non-hydrogen) atoms. The van der Waals surface area contributed by atoms with Gasteiger partial charge in [0.1, 0.15) is 5.75 Å². The van der Waals surface area contributed by atoms with Crippen LogP contribution in [0.4, 0.5) is 5.69 Å². The van der Waals surface area contributed by atoms with Crippen molar-refractivity contribution in [3.63, 3.8) is 0 Å². The van der Waals surface area contributed by atoms with Crippen LogP contribution in [-0.2, 0) is 4.74 Å². The standard InChI is InChI=1S/C13H14N2O3P2/c1-17-13(16)8-5-12(15-6-9(8)14)18-10-3-2-7(19)4-11(10)20/h2-6H,14,19-20H2,1H3. The van der Waals surface area contributed by atoms with Gasteiger partial charge in [0.05, 0.1) is 24.6 Å². The summed E-state index contributed by atoms with van der Waals surface area (Å²) in [6, 6.07) is 7.11. The molecule has 0 fully saturated rings. The number of anilines is 1. The number of carbonyl (C=O) groups is 1. The molecule has 1 aromatic carbocycles. The summed E-state index contributed by atoms with van der Waals surface area (Å²) in [6.45, 7) is 0. The first kappa shape index (κ1) is 14.7. The smallest absolute Gasteiger partial charge is 0.340 e. The molecule has 1 aromatic heterocycles. The van der Waals surface area contributed by atoms with Crippen molar-refractivity contribution in [2.24, 2.45) is 0 Å². The normalized spacial score (nSPS) is 10.2. The molecule has 0 aliphatic heterocycles. The Morgan fingerprint density at radius 3 is 2.70 bits per heavy atom. The number of nitrogens with zero attached hydrogens (tertiary/aromatic N) is 1. The highest BCUT2D eigenvalue weighted by atomic mass is 31.0. The summed E-state index contributed by atoms with van der Waals surface area (Å²) < 4.78 is 10.3. The van der Waals surface area contributed by atoms with Gasteiger partial charge in [-0.1, -0.05) is 6.07 Å². The van der Waals surface area contributed by atoms with Crippen molar-refractivity contribution in [1.29, 1.82) is 0 Å². The number of ether oxygens (including phenoxy) is 2. The Hall–Kier alpha value is -1.70. The predicted molar refractivity (Wildman–Crippen MR) is 85.2 cm³/mol. The molecule has 0 amide bonds. The van der Waals surface area contributed by atoms with Gasteiger partial charge in [0, 0.05) is 11.4 Å². The van der Waals surface area contributed by atoms with Gasteiger partial charge in [-0.2, -0.15) is 0 Å². The minimum absolute atomic E-state index is 0.227. The molecule has 2 unspecified atom stereocenters. The van der Waals surface area contributed by atoms with Crippen LogP contribution in [0, 0.1) is 0 Å². The highest BCUT2D eigenvalue weighted by molar-refractivity contribution is 7.29. The second-order valence-electron chi connectivity index (χ2n) is 4.00. The average Bonchev–Trinajstić information content (AvgIpc) is 2.43. The number of nitrogens with two attached hydrogens (primary N) is 1. The van der Waals surface area contributed by atoms with E-state index in [1.165, 1.54) is 19.4 Å². The fraction of sp³-hybridized carbons (Fsp3) is 0.0769. The van der Waals surface area contributed by atoms with Gasteiger partial charge in [-0.05, 0) is 17.4 Å². The molecule has 2 N–H and O–H groups in total. The fourth-order valence-corrected chi connectivity index (χ4v) is 2.38. The Morgan fingerprint density at radius 1 is 1.30 bits per heavy atom. The first-order valence-electron chi connectivity index (χ1n) is 5.68. The van der Waals surface area contributed by atoms with Crippen molar-refractivity contribution in [3.05, 3.63) is 36.0 Å². The molecular weight excluding hydrogens is 294 g/mol. The zero-order valence-electron chi connectivity index (χ0n) is 10.8. The number of rotatable bonds is 3. The molecule has 0 aliphatic rings. The van der Waals surface area contributed by atoms with E-state index in [0.29, 0.717) is 5.75 Å². The van der Waals surface area contributed by atoms with Gasteiger partial charge in [-0.3, -0.25) is 0 Å². The van der Waals surface area contributed by atoms with Gasteiger partial charge >= 0.3 is 5.97 Å². The summed E-state index contributed by atoms with van der Waals surface area (Å²) in [5.74, 6) is 0.384. The maximum atomic E-state index is 11.6. The summed E-state index contributed by atoms with van der Waals surface area (Å²) in [5, 5.41) is 1.93. The molecule has 1 heterocycles. The molecule has 104 valence electrons. The monoisotopic (exact) mass is 308 g/mol. The Morgan fingerprint density at radius 2 is 2.05 bits per heavy atom. The van der Waals surface area contributed by atoms with Crippen molar-refractivity contribution in [3.8, 4) is 11.6 Å². The maximum absolute atomic E-state index is 11.6. The third-order valence-corrected chi connectivity index (χ3v) is 3.37. The number of benzene rings is 1. The number of carbonyl (C=O) groups excluding carboxylic acids is 1. The van der Waals surface area contributed by atoms with Gasteiger partial charge in [-0.15, -0.1) is 18.5 Å². The van der Waals surface area contributed by atoms with Crippen LogP contribution in [0.15, 0.2) is 30.5 Å². The minimum Gasteiger partial charge on any atom is -0.465 e. The lowest BCUT2D eigenvalue weighted by Gasteiger charge is -2.10. The van der Waals surface area contributed by atoms with E-state index in [2.05, 4.69) is 28.2 Å². The summed E-state index contributed by atoms with van der Waals surface area (Å²) in [7, 11) is 6.48. The average molecular weight is 308 g/mol. The SMILES string of the molecule is COC(=O)c1cc(Oc2ccc(P)cc2P)ncc1N. The molecule has 2 rings (SSSR count).